The maximum absolute atomic E-state index is 6.03. The van der Waals surface area contributed by atoms with Gasteiger partial charge >= 0.3 is 0 Å². The Balaban J connectivity index is 2.18. The van der Waals surface area contributed by atoms with E-state index in [1.54, 1.807) is 0 Å². The summed E-state index contributed by atoms with van der Waals surface area (Å²) in [6.45, 7) is 2.78. The summed E-state index contributed by atoms with van der Waals surface area (Å²) in [5, 5.41) is 0.734. The minimum absolute atomic E-state index is 0.00276. The minimum Gasteiger partial charge on any atom is -0.368 e. The van der Waals surface area contributed by atoms with Crippen LogP contribution >= 0.6 is 11.6 Å². The van der Waals surface area contributed by atoms with E-state index in [1.807, 2.05) is 57.2 Å². The first-order valence-electron chi connectivity index (χ1n) is 7.00. The van der Waals surface area contributed by atoms with Crippen LogP contribution in [0.5, 0.6) is 0 Å². The molecule has 0 aliphatic heterocycles. The van der Waals surface area contributed by atoms with Gasteiger partial charge in [0.05, 0.1) is 6.04 Å². The van der Waals surface area contributed by atoms with Crippen LogP contribution in [0.1, 0.15) is 24.4 Å². The van der Waals surface area contributed by atoms with Gasteiger partial charge in [-0.25, -0.2) is 0 Å². The smallest absolute Gasteiger partial charge is 0.229 e. The van der Waals surface area contributed by atoms with Crippen molar-refractivity contribution in [2.45, 2.75) is 19.5 Å². The monoisotopic (exact) mass is 320 g/mol. The van der Waals surface area contributed by atoms with Gasteiger partial charge in [0.1, 0.15) is 0 Å². The molecular formula is C15H21ClN6. The number of aromatic nitrogens is 3. The summed E-state index contributed by atoms with van der Waals surface area (Å²) >= 11 is 6.03. The Hall–Kier alpha value is -1.92. The second-order valence-electron chi connectivity index (χ2n) is 5.47. The third-order valence-corrected chi connectivity index (χ3v) is 3.65. The van der Waals surface area contributed by atoms with Crippen molar-refractivity contribution in [1.82, 2.24) is 19.9 Å². The van der Waals surface area contributed by atoms with E-state index in [2.05, 4.69) is 19.9 Å². The SMILES string of the molecule is C[C@@H](c1nc(N)nc(N(C)C)n1)N(C)Cc1cccc(Cl)c1. The van der Waals surface area contributed by atoms with E-state index in [1.165, 1.54) is 0 Å². The highest BCUT2D eigenvalue weighted by Gasteiger charge is 2.17. The van der Waals surface area contributed by atoms with Crippen LogP contribution in [0.3, 0.4) is 0 Å². The second kappa shape index (κ2) is 6.89. The fraction of sp³-hybridized carbons (Fsp3) is 0.400. The van der Waals surface area contributed by atoms with Crippen LogP contribution < -0.4 is 10.6 Å². The molecule has 0 amide bonds. The topological polar surface area (TPSA) is 71.2 Å². The van der Waals surface area contributed by atoms with Gasteiger partial charge in [-0.15, -0.1) is 0 Å². The molecule has 0 saturated heterocycles. The summed E-state index contributed by atoms with van der Waals surface area (Å²) in [4.78, 5) is 16.8. The molecule has 0 saturated carbocycles. The summed E-state index contributed by atoms with van der Waals surface area (Å²) in [5.74, 6) is 1.45. The Kier molecular flexibility index (Phi) is 5.15. The quantitative estimate of drug-likeness (QED) is 0.912. The van der Waals surface area contributed by atoms with Crippen LogP contribution in [0.15, 0.2) is 24.3 Å². The van der Waals surface area contributed by atoms with Gasteiger partial charge in [-0.2, -0.15) is 15.0 Å². The normalized spacial score (nSPS) is 12.5. The number of nitrogens with two attached hydrogens (primary N) is 1. The molecule has 118 valence electrons. The van der Waals surface area contributed by atoms with Gasteiger partial charge < -0.3 is 10.6 Å². The molecule has 7 heteroatoms. The number of benzene rings is 1. The van der Waals surface area contributed by atoms with Gasteiger partial charge in [-0.3, -0.25) is 4.90 Å². The lowest BCUT2D eigenvalue weighted by molar-refractivity contribution is 0.243. The molecule has 0 bridgehead atoms. The molecule has 0 aliphatic carbocycles. The van der Waals surface area contributed by atoms with Crippen molar-refractivity contribution in [3.05, 3.63) is 40.7 Å². The van der Waals surface area contributed by atoms with Crippen molar-refractivity contribution in [3.8, 4) is 0 Å². The number of nitrogen functional groups attached to an aromatic ring is 1. The van der Waals surface area contributed by atoms with Crippen molar-refractivity contribution in [2.24, 2.45) is 0 Å². The van der Waals surface area contributed by atoms with Crippen LogP contribution in [0, 0.1) is 0 Å². The molecule has 6 nitrogen and oxygen atoms in total. The van der Waals surface area contributed by atoms with Crippen molar-refractivity contribution in [3.63, 3.8) is 0 Å². The zero-order valence-electron chi connectivity index (χ0n) is 13.3. The molecule has 0 radical (unpaired) electrons. The molecule has 0 aliphatic rings. The number of anilines is 2. The predicted molar refractivity (Wildman–Crippen MR) is 89.9 cm³/mol. The van der Waals surface area contributed by atoms with E-state index in [9.17, 15) is 0 Å². The summed E-state index contributed by atoms with van der Waals surface area (Å²) in [6.07, 6.45) is 0. The number of hydrogen-bond acceptors (Lipinski definition) is 6. The van der Waals surface area contributed by atoms with Gasteiger partial charge in [-0.05, 0) is 31.7 Å². The molecule has 0 unspecified atom stereocenters. The molecule has 0 spiro atoms. The molecule has 2 aromatic rings. The largest absolute Gasteiger partial charge is 0.368 e. The van der Waals surface area contributed by atoms with Crippen LogP contribution in [0.25, 0.3) is 0 Å². The van der Waals surface area contributed by atoms with E-state index in [4.69, 9.17) is 17.3 Å². The highest BCUT2D eigenvalue weighted by Crippen LogP contribution is 2.20. The highest BCUT2D eigenvalue weighted by molar-refractivity contribution is 6.30. The average molecular weight is 321 g/mol. The molecule has 1 heterocycles. The lowest BCUT2D eigenvalue weighted by Crippen LogP contribution is -2.25. The van der Waals surface area contributed by atoms with Gasteiger partial charge in [0.2, 0.25) is 11.9 Å². The first-order valence-corrected chi connectivity index (χ1v) is 7.38. The molecule has 0 fully saturated rings. The van der Waals surface area contributed by atoms with Crippen LogP contribution in [-0.2, 0) is 6.54 Å². The number of hydrogen-bond donors (Lipinski definition) is 1. The van der Waals surface area contributed by atoms with Gasteiger partial charge in [0.25, 0.3) is 0 Å². The third kappa shape index (κ3) is 4.05. The molecular weight excluding hydrogens is 300 g/mol. The van der Waals surface area contributed by atoms with E-state index in [0.29, 0.717) is 11.8 Å². The summed E-state index contributed by atoms with van der Waals surface area (Å²) < 4.78 is 0. The van der Waals surface area contributed by atoms with Gasteiger partial charge in [-0.1, -0.05) is 23.7 Å². The first-order chi connectivity index (χ1) is 10.4. The second-order valence-corrected chi connectivity index (χ2v) is 5.90. The van der Waals surface area contributed by atoms with Crippen molar-refractivity contribution >= 4 is 23.5 Å². The highest BCUT2D eigenvalue weighted by atomic mass is 35.5. The van der Waals surface area contributed by atoms with Gasteiger partial charge in [0.15, 0.2) is 5.82 Å². The molecule has 1 atom stereocenters. The maximum Gasteiger partial charge on any atom is 0.229 e. The standard InChI is InChI=1S/C15H21ClN6/c1-10(13-18-14(17)20-15(19-13)21(2)3)22(4)9-11-6-5-7-12(16)8-11/h5-8,10H,9H2,1-4H3,(H2,17,18,19,20)/t10-/m0/s1. The van der Waals surface area contributed by atoms with E-state index >= 15 is 0 Å². The van der Waals surface area contributed by atoms with E-state index in [0.717, 1.165) is 17.1 Å². The Bertz CT molecular complexity index is 646. The lowest BCUT2D eigenvalue weighted by Gasteiger charge is -2.24. The molecule has 2 rings (SSSR count). The third-order valence-electron chi connectivity index (χ3n) is 3.41. The Labute approximate surface area is 135 Å². The van der Waals surface area contributed by atoms with E-state index in [-0.39, 0.29) is 12.0 Å². The minimum atomic E-state index is 0.00276. The summed E-state index contributed by atoms with van der Waals surface area (Å²) in [6, 6.07) is 7.81. The molecule has 1 aromatic heterocycles. The fourth-order valence-electron chi connectivity index (χ4n) is 2.04. The van der Waals surface area contributed by atoms with Crippen LogP contribution in [0.4, 0.5) is 11.9 Å². The Morgan fingerprint density at radius 3 is 2.55 bits per heavy atom. The first kappa shape index (κ1) is 16.5. The molecule has 22 heavy (non-hydrogen) atoms. The van der Waals surface area contributed by atoms with Crippen LogP contribution in [-0.4, -0.2) is 41.0 Å². The number of halogens is 1. The molecule has 1 aromatic carbocycles. The lowest BCUT2D eigenvalue weighted by atomic mass is 10.2. The zero-order chi connectivity index (χ0) is 16.3. The number of rotatable bonds is 5. The number of nitrogens with zero attached hydrogens (tertiary/aromatic N) is 5. The van der Waals surface area contributed by atoms with Crippen molar-refractivity contribution in [2.75, 3.05) is 31.8 Å². The molecule has 2 N–H and O–H groups in total. The maximum atomic E-state index is 6.03. The zero-order valence-corrected chi connectivity index (χ0v) is 14.0. The Morgan fingerprint density at radius 2 is 1.91 bits per heavy atom. The van der Waals surface area contributed by atoms with Gasteiger partial charge in [0, 0.05) is 25.7 Å². The van der Waals surface area contributed by atoms with Crippen LogP contribution in [0.2, 0.25) is 5.02 Å². The fourth-order valence-corrected chi connectivity index (χ4v) is 2.25. The van der Waals surface area contributed by atoms with Crippen molar-refractivity contribution < 1.29 is 0 Å². The predicted octanol–water partition coefficient (Wildman–Crippen LogP) is 2.37. The summed E-state index contributed by atoms with van der Waals surface area (Å²) in [5.41, 5.74) is 6.92. The van der Waals surface area contributed by atoms with E-state index < -0.39 is 0 Å². The van der Waals surface area contributed by atoms with Crippen molar-refractivity contribution in [1.29, 1.82) is 0 Å². The summed E-state index contributed by atoms with van der Waals surface area (Å²) in [7, 11) is 5.76. The average Bonchev–Trinajstić information content (AvgIpc) is 2.45. The Morgan fingerprint density at radius 1 is 1.18 bits per heavy atom.